The van der Waals surface area contributed by atoms with E-state index in [4.69, 9.17) is 11.1 Å². The summed E-state index contributed by atoms with van der Waals surface area (Å²) in [6.45, 7) is 0.478. The summed E-state index contributed by atoms with van der Waals surface area (Å²) >= 11 is 1.62. The Balaban J connectivity index is 1.65. The largest absolute Gasteiger partial charge is 0.370 e. The molecule has 9 nitrogen and oxygen atoms in total. The maximum absolute atomic E-state index is 8.88. The van der Waals surface area contributed by atoms with E-state index in [-0.39, 0.29) is 0 Å². The van der Waals surface area contributed by atoms with Gasteiger partial charge in [-0.05, 0) is 18.2 Å². The Hall–Kier alpha value is -3.55. The number of nitrogens with zero attached hydrogens (tertiary/aromatic N) is 6. The lowest BCUT2D eigenvalue weighted by Gasteiger charge is -2.19. The highest BCUT2D eigenvalue weighted by molar-refractivity contribution is 7.19. The molecule has 4 heterocycles. The Bertz CT molecular complexity index is 1090. The first-order chi connectivity index (χ1) is 13.2. The number of rotatable bonds is 5. The Labute approximate surface area is 158 Å². The van der Waals surface area contributed by atoms with Gasteiger partial charge in [-0.2, -0.15) is 10.4 Å². The monoisotopic (exact) mass is 377 g/mol. The minimum absolute atomic E-state index is 0.349. The zero-order valence-electron chi connectivity index (χ0n) is 14.3. The normalized spacial score (nSPS) is 10.7. The summed E-state index contributed by atoms with van der Waals surface area (Å²) in [6, 6.07) is 7.45. The van der Waals surface area contributed by atoms with Gasteiger partial charge in [0.1, 0.15) is 11.8 Å². The molecule has 0 amide bonds. The number of aromatic nitrogens is 5. The number of nitrogens with two attached hydrogens (primary N) is 1. The molecular formula is C17H15N9S. The lowest BCUT2D eigenvalue weighted by molar-refractivity contribution is 0.840. The molecule has 4 aromatic rings. The van der Waals surface area contributed by atoms with Crippen molar-refractivity contribution in [2.24, 2.45) is 5.84 Å². The van der Waals surface area contributed by atoms with Crippen LogP contribution in [0.2, 0.25) is 0 Å². The van der Waals surface area contributed by atoms with Crippen molar-refractivity contribution >= 4 is 33.2 Å². The number of fused-ring (bicyclic) bond motifs is 1. The molecule has 0 atom stereocenters. The Morgan fingerprint density at radius 2 is 2.19 bits per heavy atom. The molecule has 0 aliphatic carbocycles. The third kappa shape index (κ3) is 3.29. The van der Waals surface area contributed by atoms with E-state index in [9.17, 15) is 0 Å². The van der Waals surface area contributed by atoms with Crippen LogP contribution >= 0.6 is 11.3 Å². The van der Waals surface area contributed by atoms with Crippen molar-refractivity contribution in [2.75, 3.05) is 17.4 Å². The first kappa shape index (κ1) is 16.9. The van der Waals surface area contributed by atoms with Gasteiger partial charge in [-0.1, -0.05) is 0 Å². The minimum atomic E-state index is 0.349. The first-order valence-corrected chi connectivity index (χ1v) is 8.85. The van der Waals surface area contributed by atoms with Crippen LogP contribution in [0, 0.1) is 11.3 Å². The van der Waals surface area contributed by atoms with Crippen molar-refractivity contribution in [1.82, 2.24) is 25.1 Å². The van der Waals surface area contributed by atoms with E-state index in [1.54, 1.807) is 54.1 Å². The molecule has 134 valence electrons. The predicted octanol–water partition coefficient (Wildman–Crippen LogP) is 2.27. The number of nitriles is 1. The van der Waals surface area contributed by atoms with Gasteiger partial charge >= 0.3 is 0 Å². The molecule has 0 saturated carbocycles. The fourth-order valence-corrected chi connectivity index (χ4v) is 3.61. The van der Waals surface area contributed by atoms with E-state index in [1.807, 2.05) is 12.1 Å². The lowest BCUT2D eigenvalue weighted by atomic mass is 10.2. The van der Waals surface area contributed by atoms with Crippen LogP contribution in [0.1, 0.15) is 10.6 Å². The zero-order valence-corrected chi connectivity index (χ0v) is 15.2. The summed E-state index contributed by atoms with van der Waals surface area (Å²) in [7, 11) is 1.77. The van der Waals surface area contributed by atoms with Gasteiger partial charge in [-0.15, -0.1) is 11.3 Å². The highest BCUT2D eigenvalue weighted by Crippen LogP contribution is 2.28. The minimum Gasteiger partial charge on any atom is -0.370 e. The smallest absolute Gasteiger partial charge is 0.186 e. The molecule has 4 aromatic heterocycles. The van der Waals surface area contributed by atoms with E-state index in [0.717, 1.165) is 20.7 Å². The van der Waals surface area contributed by atoms with Gasteiger partial charge in [0, 0.05) is 23.7 Å². The van der Waals surface area contributed by atoms with Crippen molar-refractivity contribution in [3.63, 3.8) is 0 Å². The molecular weight excluding hydrogens is 362 g/mol. The molecule has 0 unspecified atom stereocenters. The standard InChI is InChI=1S/C17H15N9S/c1-20-16-17(26(19)9-12-4-13-15(27-12)8-23-25-13)24-14(7-22-16)10-2-3-11(5-18)21-6-10/h2-4,6-8H,9,19H2,1H3,(H,20,22)(H,23,25). The topological polar surface area (TPSA) is 132 Å². The number of H-pyrrole nitrogens is 1. The number of nitrogens with one attached hydrogen (secondary N) is 2. The number of pyridine rings is 1. The maximum atomic E-state index is 8.88. The van der Waals surface area contributed by atoms with Gasteiger partial charge in [0.15, 0.2) is 11.6 Å². The number of hydrogen-bond acceptors (Lipinski definition) is 9. The van der Waals surface area contributed by atoms with Gasteiger partial charge < -0.3 is 5.32 Å². The molecule has 27 heavy (non-hydrogen) atoms. The number of aromatic amines is 1. The highest BCUT2D eigenvalue weighted by Gasteiger charge is 2.15. The van der Waals surface area contributed by atoms with Crippen molar-refractivity contribution in [3.05, 3.63) is 47.4 Å². The van der Waals surface area contributed by atoms with Crippen LogP contribution in [0.25, 0.3) is 21.5 Å². The number of anilines is 2. The van der Waals surface area contributed by atoms with E-state index >= 15 is 0 Å². The van der Waals surface area contributed by atoms with Crippen LogP contribution in [0.15, 0.2) is 36.8 Å². The molecule has 0 aliphatic rings. The summed E-state index contributed by atoms with van der Waals surface area (Å²) in [6.07, 6.45) is 5.04. The van der Waals surface area contributed by atoms with Gasteiger partial charge in [-0.3, -0.25) is 10.1 Å². The maximum Gasteiger partial charge on any atom is 0.186 e. The van der Waals surface area contributed by atoms with E-state index in [1.165, 1.54) is 0 Å². The second-order valence-electron chi connectivity index (χ2n) is 5.71. The van der Waals surface area contributed by atoms with Gasteiger partial charge in [0.25, 0.3) is 0 Å². The fraction of sp³-hybridized carbons (Fsp3) is 0.118. The lowest BCUT2D eigenvalue weighted by Crippen LogP contribution is -2.31. The summed E-state index contributed by atoms with van der Waals surface area (Å²) in [5.74, 6) is 7.40. The van der Waals surface area contributed by atoms with E-state index < -0.39 is 0 Å². The van der Waals surface area contributed by atoms with Gasteiger partial charge in [-0.25, -0.2) is 20.8 Å². The average molecular weight is 377 g/mol. The molecule has 0 aromatic carbocycles. The fourth-order valence-electron chi connectivity index (χ4n) is 2.63. The number of hydrogen-bond donors (Lipinski definition) is 3. The highest BCUT2D eigenvalue weighted by atomic mass is 32.1. The summed E-state index contributed by atoms with van der Waals surface area (Å²) in [4.78, 5) is 14.2. The molecule has 0 bridgehead atoms. The molecule has 0 spiro atoms. The summed E-state index contributed by atoms with van der Waals surface area (Å²) < 4.78 is 1.08. The average Bonchev–Trinajstić information content (AvgIpc) is 3.29. The van der Waals surface area contributed by atoms with Crippen LogP contribution in [0.3, 0.4) is 0 Å². The molecule has 0 aliphatic heterocycles. The Morgan fingerprint density at radius 1 is 1.30 bits per heavy atom. The Morgan fingerprint density at radius 3 is 2.89 bits per heavy atom. The van der Waals surface area contributed by atoms with Crippen LogP contribution < -0.4 is 16.2 Å². The predicted molar refractivity (Wildman–Crippen MR) is 104 cm³/mol. The molecule has 10 heteroatoms. The van der Waals surface area contributed by atoms with Crippen molar-refractivity contribution in [1.29, 1.82) is 5.26 Å². The zero-order chi connectivity index (χ0) is 18.8. The third-order valence-corrected chi connectivity index (χ3v) is 5.00. The SMILES string of the molecule is CNc1ncc(-c2ccc(C#N)nc2)nc1N(N)Cc1cc2[nH]ncc2s1. The van der Waals surface area contributed by atoms with Crippen LogP contribution in [0.5, 0.6) is 0 Å². The van der Waals surface area contributed by atoms with Crippen molar-refractivity contribution in [2.45, 2.75) is 6.54 Å². The first-order valence-electron chi connectivity index (χ1n) is 8.03. The number of hydrazine groups is 1. The quantitative estimate of drug-likeness (QED) is 0.356. The number of thiophene rings is 1. The molecule has 0 radical (unpaired) electrons. The Kier molecular flexibility index (Phi) is 4.37. The van der Waals surface area contributed by atoms with Crippen molar-refractivity contribution < 1.29 is 0 Å². The van der Waals surface area contributed by atoms with Gasteiger partial charge in [0.2, 0.25) is 0 Å². The van der Waals surface area contributed by atoms with Crippen LogP contribution in [0.4, 0.5) is 11.6 Å². The second-order valence-corrected chi connectivity index (χ2v) is 6.88. The van der Waals surface area contributed by atoms with Crippen LogP contribution in [-0.2, 0) is 6.54 Å². The van der Waals surface area contributed by atoms with E-state index in [0.29, 0.717) is 29.6 Å². The summed E-state index contributed by atoms with van der Waals surface area (Å²) in [5, 5.41) is 20.4. The van der Waals surface area contributed by atoms with Gasteiger partial charge in [0.05, 0.1) is 34.8 Å². The van der Waals surface area contributed by atoms with Crippen molar-refractivity contribution in [3.8, 4) is 17.3 Å². The van der Waals surface area contributed by atoms with E-state index in [2.05, 4.69) is 30.5 Å². The summed E-state index contributed by atoms with van der Waals surface area (Å²) in [5.41, 5.74) is 2.72. The molecule has 0 saturated heterocycles. The molecule has 0 fully saturated rings. The molecule has 4 N–H and O–H groups in total. The van der Waals surface area contributed by atoms with Crippen LogP contribution in [-0.4, -0.2) is 32.2 Å². The molecule has 4 rings (SSSR count). The third-order valence-electron chi connectivity index (χ3n) is 3.94. The second kappa shape index (κ2) is 6.99.